The standard InChI is InChI=1S/C11H27N3O/c1-6-12-11(2,10-15)9-14(5)8-7-13(3)4/h12,15H,6-10H2,1-5H3. The Morgan fingerprint density at radius 1 is 1.20 bits per heavy atom. The molecule has 0 spiro atoms. The van der Waals surface area contributed by atoms with Crippen molar-refractivity contribution in [2.75, 3.05) is 53.9 Å². The second kappa shape index (κ2) is 7.17. The molecule has 4 nitrogen and oxygen atoms in total. The van der Waals surface area contributed by atoms with Gasteiger partial charge in [0.2, 0.25) is 0 Å². The molecule has 0 rings (SSSR count). The predicted octanol–water partition coefficient (Wildman–Crippen LogP) is -0.160. The Balaban J connectivity index is 3.94. The van der Waals surface area contributed by atoms with Gasteiger partial charge in [0.1, 0.15) is 0 Å². The molecule has 2 N–H and O–H groups in total. The summed E-state index contributed by atoms with van der Waals surface area (Å²) in [5, 5.41) is 12.7. The second-order valence-corrected chi connectivity index (χ2v) is 4.79. The molecule has 0 amide bonds. The van der Waals surface area contributed by atoms with Crippen molar-refractivity contribution in [1.82, 2.24) is 15.1 Å². The highest BCUT2D eigenvalue weighted by Gasteiger charge is 2.23. The van der Waals surface area contributed by atoms with Crippen molar-refractivity contribution in [1.29, 1.82) is 0 Å². The van der Waals surface area contributed by atoms with Crippen molar-refractivity contribution in [3.63, 3.8) is 0 Å². The largest absolute Gasteiger partial charge is 0.394 e. The highest BCUT2D eigenvalue weighted by molar-refractivity contribution is 4.84. The summed E-state index contributed by atoms with van der Waals surface area (Å²) >= 11 is 0. The van der Waals surface area contributed by atoms with E-state index in [0.29, 0.717) is 0 Å². The van der Waals surface area contributed by atoms with Crippen molar-refractivity contribution in [3.8, 4) is 0 Å². The molecule has 0 saturated carbocycles. The van der Waals surface area contributed by atoms with E-state index >= 15 is 0 Å². The van der Waals surface area contributed by atoms with Gasteiger partial charge in [-0.3, -0.25) is 0 Å². The maximum Gasteiger partial charge on any atom is 0.0623 e. The van der Waals surface area contributed by atoms with E-state index in [1.165, 1.54) is 0 Å². The average molecular weight is 217 g/mol. The van der Waals surface area contributed by atoms with Gasteiger partial charge in [0, 0.05) is 19.6 Å². The van der Waals surface area contributed by atoms with Gasteiger partial charge in [0.25, 0.3) is 0 Å². The fourth-order valence-electron chi connectivity index (χ4n) is 1.63. The minimum atomic E-state index is -0.185. The fraction of sp³-hybridized carbons (Fsp3) is 1.00. The summed E-state index contributed by atoms with van der Waals surface area (Å²) in [7, 11) is 6.24. The molecule has 0 aliphatic carbocycles. The van der Waals surface area contributed by atoms with E-state index < -0.39 is 0 Å². The lowest BCUT2D eigenvalue weighted by atomic mass is 10.0. The van der Waals surface area contributed by atoms with Gasteiger partial charge in [-0.2, -0.15) is 0 Å². The van der Waals surface area contributed by atoms with Gasteiger partial charge in [-0.25, -0.2) is 0 Å². The summed E-state index contributed by atoms with van der Waals surface area (Å²) in [4.78, 5) is 4.42. The summed E-state index contributed by atoms with van der Waals surface area (Å²) in [6.07, 6.45) is 0. The van der Waals surface area contributed by atoms with Crippen LogP contribution in [0.5, 0.6) is 0 Å². The summed E-state index contributed by atoms with van der Waals surface area (Å²) in [6.45, 7) is 8.12. The van der Waals surface area contributed by atoms with E-state index in [4.69, 9.17) is 0 Å². The molecular formula is C11H27N3O. The lowest BCUT2D eigenvalue weighted by Gasteiger charge is -2.33. The first-order valence-electron chi connectivity index (χ1n) is 5.62. The lowest BCUT2D eigenvalue weighted by Crippen LogP contribution is -2.53. The third-order valence-corrected chi connectivity index (χ3v) is 2.50. The van der Waals surface area contributed by atoms with Crippen LogP contribution in [0.3, 0.4) is 0 Å². The highest BCUT2D eigenvalue weighted by atomic mass is 16.3. The molecule has 0 aliphatic rings. The van der Waals surface area contributed by atoms with Crippen LogP contribution in [-0.2, 0) is 0 Å². The van der Waals surface area contributed by atoms with Gasteiger partial charge in [0.05, 0.1) is 12.1 Å². The molecule has 92 valence electrons. The van der Waals surface area contributed by atoms with Crippen molar-refractivity contribution >= 4 is 0 Å². The topological polar surface area (TPSA) is 38.7 Å². The Hall–Kier alpha value is -0.160. The molecule has 0 aromatic rings. The number of likely N-dealkylation sites (N-methyl/N-ethyl adjacent to an activating group) is 3. The minimum Gasteiger partial charge on any atom is -0.394 e. The van der Waals surface area contributed by atoms with Gasteiger partial charge < -0.3 is 20.2 Å². The maximum atomic E-state index is 9.34. The summed E-state index contributed by atoms with van der Waals surface area (Å²) in [5.41, 5.74) is -0.185. The SMILES string of the molecule is CCNC(C)(CO)CN(C)CCN(C)C. The number of nitrogens with one attached hydrogen (secondary N) is 1. The molecule has 0 aliphatic heterocycles. The Morgan fingerprint density at radius 3 is 2.20 bits per heavy atom. The van der Waals surface area contributed by atoms with E-state index in [9.17, 15) is 5.11 Å². The minimum absolute atomic E-state index is 0.174. The van der Waals surface area contributed by atoms with Crippen LogP contribution in [0.2, 0.25) is 0 Å². The van der Waals surface area contributed by atoms with E-state index in [1.54, 1.807) is 0 Å². The molecule has 0 saturated heterocycles. The van der Waals surface area contributed by atoms with Gasteiger partial charge in [-0.15, -0.1) is 0 Å². The monoisotopic (exact) mass is 217 g/mol. The molecule has 0 radical (unpaired) electrons. The lowest BCUT2D eigenvalue weighted by molar-refractivity contribution is 0.130. The van der Waals surface area contributed by atoms with Crippen LogP contribution >= 0.6 is 0 Å². The van der Waals surface area contributed by atoms with Crippen LogP contribution in [0, 0.1) is 0 Å². The van der Waals surface area contributed by atoms with Crippen LogP contribution in [0.25, 0.3) is 0 Å². The number of rotatable bonds is 8. The first-order chi connectivity index (χ1) is 6.93. The fourth-order valence-corrected chi connectivity index (χ4v) is 1.63. The Bertz CT molecular complexity index is 164. The van der Waals surface area contributed by atoms with Crippen molar-refractivity contribution < 1.29 is 5.11 Å². The number of aliphatic hydroxyl groups excluding tert-OH is 1. The molecule has 1 atom stereocenters. The Kier molecular flexibility index (Phi) is 7.09. The van der Waals surface area contributed by atoms with Crippen molar-refractivity contribution in [3.05, 3.63) is 0 Å². The van der Waals surface area contributed by atoms with Gasteiger partial charge in [-0.1, -0.05) is 6.92 Å². The molecule has 4 heteroatoms. The molecule has 1 unspecified atom stereocenters. The van der Waals surface area contributed by atoms with Crippen LogP contribution in [0.1, 0.15) is 13.8 Å². The molecule has 0 fully saturated rings. The van der Waals surface area contributed by atoms with Crippen LogP contribution in [0.15, 0.2) is 0 Å². The molecule has 15 heavy (non-hydrogen) atoms. The van der Waals surface area contributed by atoms with Crippen LogP contribution in [0.4, 0.5) is 0 Å². The zero-order valence-corrected chi connectivity index (χ0v) is 10.9. The third kappa shape index (κ3) is 6.84. The van der Waals surface area contributed by atoms with E-state index in [-0.39, 0.29) is 12.1 Å². The molecule has 0 bridgehead atoms. The molecular weight excluding hydrogens is 190 g/mol. The zero-order chi connectivity index (χ0) is 11.9. The van der Waals surface area contributed by atoms with Crippen molar-refractivity contribution in [2.45, 2.75) is 19.4 Å². The smallest absolute Gasteiger partial charge is 0.0623 e. The molecule has 0 aromatic heterocycles. The third-order valence-electron chi connectivity index (χ3n) is 2.50. The second-order valence-electron chi connectivity index (χ2n) is 4.79. The van der Waals surface area contributed by atoms with Gasteiger partial charge in [-0.05, 0) is 34.6 Å². The van der Waals surface area contributed by atoms with Crippen molar-refractivity contribution in [2.24, 2.45) is 0 Å². The predicted molar refractivity (Wildman–Crippen MR) is 65.2 cm³/mol. The van der Waals surface area contributed by atoms with E-state index in [0.717, 1.165) is 26.2 Å². The Labute approximate surface area is 94.3 Å². The normalized spacial score (nSPS) is 16.0. The summed E-state index contributed by atoms with van der Waals surface area (Å²) in [5.74, 6) is 0. The number of nitrogens with zero attached hydrogens (tertiary/aromatic N) is 2. The molecule has 0 heterocycles. The number of aliphatic hydroxyl groups is 1. The summed E-state index contributed by atoms with van der Waals surface area (Å²) in [6, 6.07) is 0. The van der Waals surface area contributed by atoms with E-state index in [1.807, 2.05) is 0 Å². The quantitative estimate of drug-likeness (QED) is 0.593. The van der Waals surface area contributed by atoms with Crippen LogP contribution in [-0.4, -0.2) is 74.4 Å². The number of hydrogen-bond acceptors (Lipinski definition) is 4. The Morgan fingerprint density at radius 2 is 1.80 bits per heavy atom. The average Bonchev–Trinajstić information content (AvgIpc) is 2.15. The number of hydrogen-bond donors (Lipinski definition) is 2. The molecule has 0 aromatic carbocycles. The van der Waals surface area contributed by atoms with Crippen LogP contribution < -0.4 is 5.32 Å². The van der Waals surface area contributed by atoms with E-state index in [2.05, 4.69) is 50.1 Å². The first-order valence-corrected chi connectivity index (χ1v) is 5.62. The maximum absolute atomic E-state index is 9.34. The van der Waals surface area contributed by atoms with Gasteiger partial charge >= 0.3 is 0 Å². The first kappa shape index (κ1) is 14.8. The van der Waals surface area contributed by atoms with Gasteiger partial charge in [0.15, 0.2) is 0 Å². The highest BCUT2D eigenvalue weighted by Crippen LogP contribution is 2.04. The zero-order valence-electron chi connectivity index (χ0n) is 10.9. The summed E-state index contributed by atoms with van der Waals surface area (Å²) < 4.78 is 0.